The second kappa shape index (κ2) is 8.16. The number of hydrogen-bond donors (Lipinski definition) is 4. The van der Waals surface area contributed by atoms with Gasteiger partial charge in [-0.1, -0.05) is 6.07 Å². The summed E-state index contributed by atoms with van der Waals surface area (Å²) in [6.07, 6.45) is 6.99. The maximum Gasteiger partial charge on any atom is 0.0300 e. The minimum Gasteiger partial charge on any atom is -0.330 e. The normalized spacial score (nSPS) is 14.4. The fourth-order valence-electron chi connectivity index (χ4n) is 2.00. The lowest BCUT2D eigenvalue weighted by Gasteiger charge is -2.13. The van der Waals surface area contributed by atoms with E-state index in [0.717, 1.165) is 36.8 Å². The standard InChI is InChI=1S/C13H25N5/c14-3-1-12(16)6-10-5-11(9-18-8-10)7-13(17)2-4-15/h5,8-9,12-13H,1-4,6-7,14-17H2. The first-order chi connectivity index (χ1) is 8.65. The summed E-state index contributed by atoms with van der Waals surface area (Å²) in [6.45, 7) is 1.24. The van der Waals surface area contributed by atoms with Crippen LogP contribution in [-0.4, -0.2) is 30.2 Å². The molecule has 0 aliphatic carbocycles. The molecule has 0 aliphatic rings. The van der Waals surface area contributed by atoms with Crippen molar-refractivity contribution in [3.8, 4) is 0 Å². The zero-order chi connectivity index (χ0) is 13.4. The molecule has 5 nitrogen and oxygen atoms in total. The molecule has 0 spiro atoms. The minimum atomic E-state index is 0.102. The van der Waals surface area contributed by atoms with Gasteiger partial charge in [0.15, 0.2) is 0 Å². The molecule has 0 amide bonds. The predicted octanol–water partition coefficient (Wildman–Crippen LogP) is -0.481. The summed E-state index contributed by atoms with van der Waals surface area (Å²) < 4.78 is 0. The molecule has 5 heteroatoms. The van der Waals surface area contributed by atoms with E-state index < -0.39 is 0 Å². The molecule has 1 heterocycles. The van der Waals surface area contributed by atoms with E-state index in [1.54, 1.807) is 0 Å². The predicted molar refractivity (Wildman–Crippen MR) is 74.9 cm³/mol. The van der Waals surface area contributed by atoms with Crippen molar-refractivity contribution in [3.63, 3.8) is 0 Å². The molecule has 1 aromatic heterocycles. The fraction of sp³-hybridized carbons (Fsp3) is 0.615. The van der Waals surface area contributed by atoms with Crippen molar-refractivity contribution in [1.82, 2.24) is 4.98 Å². The Morgan fingerprint density at radius 2 is 1.33 bits per heavy atom. The highest BCUT2D eigenvalue weighted by molar-refractivity contribution is 5.20. The molecule has 2 atom stereocenters. The highest BCUT2D eigenvalue weighted by atomic mass is 14.7. The highest BCUT2D eigenvalue weighted by Crippen LogP contribution is 2.09. The van der Waals surface area contributed by atoms with Crippen molar-refractivity contribution < 1.29 is 0 Å². The van der Waals surface area contributed by atoms with Crippen molar-refractivity contribution in [2.45, 2.75) is 37.8 Å². The smallest absolute Gasteiger partial charge is 0.0300 e. The molecule has 0 aromatic carbocycles. The SMILES string of the molecule is NCCC(N)Cc1cncc(CC(N)CCN)c1. The van der Waals surface area contributed by atoms with Gasteiger partial charge in [0.05, 0.1) is 0 Å². The van der Waals surface area contributed by atoms with Gasteiger partial charge in [-0.05, 0) is 49.9 Å². The van der Waals surface area contributed by atoms with E-state index in [-0.39, 0.29) is 12.1 Å². The molecule has 8 N–H and O–H groups in total. The molecule has 0 aliphatic heterocycles. The van der Waals surface area contributed by atoms with Gasteiger partial charge in [0.1, 0.15) is 0 Å². The van der Waals surface area contributed by atoms with Crippen LogP contribution in [-0.2, 0) is 12.8 Å². The van der Waals surface area contributed by atoms with E-state index in [0.29, 0.717) is 13.1 Å². The summed E-state index contributed by atoms with van der Waals surface area (Å²) in [5, 5.41) is 0. The van der Waals surface area contributed by atoms with Crippen LogP contribution in [0, 0.1) is 0 Å². The number of nitrogens with two attached hydrogens (primary N) is 4. The van der Waals surface area contributed by atoms with Crippen LogP contribution in [0.5, 0.6) is 0 Å². The van der Waals surface area contributed by atoms with Gasteiger partial charge < -0.3 is 22.9 Å². The summed E-state index contributed by atoms with van der Waals surface area (Å²) in [4.78, 5) is 4.24. The molecule has 0 bridgehead atoms. The maximum atomic E-state index is 5.97. The van der Waals surface area contributed by atoms with E-state index >= 15 is 0 Å². The van der Waals surface area contributed by atoms with Crippen molar-refractivity contribution in [2.24, 2.45) is 22.9 Å². The number of pyridine rings is 1. The zero-order valence-corrected chi connectivity index (χ0v) is 10.9. The van der Waals surface area contributed by atoms with E-state index in [4.69, 9.17) is 22.9 Å². The Balaban J connectivity index is 2.56. The van der Waals surface area contributed by atoms with Crippen LogP contribution in [0.15, 0.2) is 18.5 Å². The van der Waals surface area contributed by atoms with E-state index in [2.05, 4.69) is 11.1 Å². The van der Waals surface area contributed by atoms with Crippen molar-refractivity contribution in [1.29, 1.82) is 0 Å². The molecule has 0 saturated carbocycles. The van der Waals surface area contributed by atoms with Gasteiger partial charge in [-0.15, -0.1) is 0 Å². The molecule has 0 saturated heterocycles. The van der Waals surface area contributed by atoms with Gasteiger partial charge in [-0.2, -0.15) is 0 Å². The molecular formula is C13H25N5. The van der Waals surface area contributed by atoms with Crippen LogP contribution < -0.4 is 22.9 Å². The first kappa shape index (κ1) is 15.0. The third kappa shape index (κ3) is 5.55. The Bertz CT molecular complexity index is 313. The van der Waals surface area contributed by atoms with Crippen molar-refractivity contribution in [2.75, 3.05) is 13.1 Å². The summed E-state index contributed by atoms with van der Waals surface area (Å²) in [6, 6.07) is 2.33. The first-order valence-electron chi connectivity index (χ1n) is 6.49. The van der Waals surface area contributed by atoms with Crippen LogP contribution in [0.1, 0.15) is 24.0 Å². The van der Waals surface area contributed by atoms with Crippen molar-refractivity contribution >= 4 is 0 Å². The Morgan fingerprint density at radius 1 is 0.889 bits per heavy atom. The lowest BCUT2D eigenvalue weighted by Crippen LogP contribution is -2.27. The second-order valence-electron chi connectivity index (χ2n) is 4.78. The van der Waals surface area contributed by atoms with E-state index in [1.807, 2.05) is 12.4 Å². The lowest BCUT2D eigenvalue weighted by atomic mass is 10.0. The molecule has 18 heavy (non-hydrogen) atoms. The van der Waals surface area contributed by atoms with Crippen LogP contribution in [0.3, 0.4) is 0 Å². The molecule has 0 fully saturated rings. The molecule has 1 aromatic rings. The molecule has 0 radical (unpaired) electrons. The van der Waals surface area contributed by atoms with Gasteiger partial charge in [0.25, 0.3) is 0 Å². The van der Waals surface area contributed by atoms with Crippen LogP contribution in [0.2, 0.25) is 0 Å². The van der Waals surface area contributed by atoms with Crippen LogP contribution >= 0.6 is 0 Å². The Kier molecular flexibility index (Phi) is 6.82. The maximum absolute atomic E-state index is 5.97. The van der Waals surface area contributed by atoms with Crippen LogP contribution in [0.25, 0.3) is 0 Å². The first-order valence-corrected chi connectivity index (χ1v) is 6.49. The number of nitrogens with zero attached hydrogens (tertiary/aromatic N) is 1. The lowest BCUT2D eigenvalue weighted by molar-refractivity contribution is 0.609. The zero-order valence-electron chi connectivity index (χ0n) is 10.9. The van der Waals surface area contributed by atoms with Gasteiger partial charge in [0, 0.05) is 24.5 Å². The van der Waals surface area contributed by atoms with E-state index in [1.165, 1.54) is 0 Å². The third-order valence-electron chi connectivity index (χ3n) is 2.92. The number of hydrogen-bond acceptors (Lipinski definition) is 5. The molecule has 102 valence electrons. The topological polar surface area (TPSA) is 117 Å². The van der Waals surface area contributed by atoms with Crippen molar-refractivity contribution in [3.05, 3.63) is 29.6 Å². The largest absolute Gasteiger partial charge is 0.330 e. The molecular weight excluding hydrogens is 226 g/mol. The highest BCUT2D eigenvalue weighted by Gasteiger charge is 2.07. The summed E-state index contributed by atoms with van der Waals surface area (Å²) >= 11 is 0. The van der Waals surface area contributed by atoms with Crippen LogP contribution in [0.4, 0.5) is 0 Å². The number of rotatable bonds is 8. The molecule has 2 unspecified atom stereocenters. The fourth-order valence-corrected chi connectivity index (χ4v) is 2.00. The monoisotopic (exact) mass is 251 g/mol. The van der Waals surface area contributed by atoms with Gasteiger partial charge in [0.2, 0.25) is 0 Å². The average Bonchev–Trinajstić information content (AvgIpc) is 2.29. The minimum absolute atomic E-state index is 0.102. The van der Waals surface area contributed by atoms with E-state index in [9.17, 15) is 0 Å². The Labute approximate surface area is 109 Å². The van der Waals surface area contributed by atoms with Gasteiger partial charge in [-0.25, -0.2) is 0 Å². The Morgan fingerprint density at radius 3 is 1.72 bits per heavy atom. The average molecular weight is 251 g/mol. The summed E-state index contributed by atoms with van der Waals surface area (Å²) in [5.74, 6) is 0. The Hall–Kier alpha value is -1.01. The summed E-state index contributed by atoms with van der Waals surface area (Å²) in [7, 11) is 0. The van der Waals surface area contributed by atoms with Gasteiger partial charge in [-0.3, -0.25) is 4.98 Å². The third-order valence-corrected chi connectivity index (χ3v) is 2.92. The second-order valence-corrected chi connectivity index (χ2v) is 4.78. The molecule has 1 rings (SSSR count). The van der Waals surface area contributed by atoms with Gasteiger partial charge >= 0.3 is 0 Å². The summed E-state index contributed by atoms with van der Waals surface area (Å²) in [5.41, 5.74) is 25.2. The number of aromatic nitrogens is 1. The quantitative estimate of drug-likeness (QED) is 0.498.